The zero-order chi connectivity index (χ0) is 15.4. The summed E-state index contributed by atoms with van der Waals surface area (Å²) in [5.41, 5.74) is 0. The average Bonchev–Trinajstić information content (AvgIpc) is 3.07. The first-order valence-corrected chi connectivity index (χ1v) is 8.87. The van der Waals surface area contributed by atoms with Gasteiger partial charge in [-0.15, -0.1) is 11.3 Å². The molecule has 120 valence electrons. The molecule has 1 aromatic rings. The van der Waals surface area contributed by atoms with Crippen molar-refractivity contribution in [3.8, 4) is 0 Å². The van der Waals surface area contributed by atoms with Gasteiger partial charge in [0.05, 0.1) is 11.5 Å². The van der Waals surface area contributed by atoms with Crippen molar-refractivity contribution in [2.75, 3.05) is 19.7 Å². The monoisotopic (exact) mass is 322 g/mol. The highest BCUT2D eigenvalue weighted by Crippen LogP contribution is 2.30. The van der Waals surface area contributed by atoms with E-state index in [0.29, 0.717) is 23.4 Å². The molecular formula is C16H22N2O3S. The lowest BCUT2D eigenvalue weighted by atomic mass is 9.84. The molecule has 2 aliphatic heterocycles. The van der Waals surface area contributed by atoms with Gasteiger partial charge in [0.25, 0.3) is 5.91 Å². The van der Waals surface area contributed by atoms with Gasteiger partial charge in [-0.3, -0.25) is 15.0 Å². The van der Waals surface area contributed by atoms with Crippen molar-refractivity contribution in [3.63, 3.8) is 0 Å². The number of imide groups is 1. The van der Waals surface area contributed by atoms with E-state index in [4.69, 9.17) is 4.74 Å². The normalized spacial score (nSPS) is 25.3. The Kier molecular flexibility index (Phi) is 5.10. The van der Waals surface area contributed by atoms with E-state index in [1.165, 1.54) is 50.1 Å². The Morgan fingerprint density at radius 1 is 1.27 bits per heavy atom. The number of piperidine rings is 2. The van der Waals surface area contributed by atoms with Crippen LogP contribution in [0.4, 0.5) is 4.79 Å². The zero-order valence-corrected chi connectivity index (χ0v) is 13.4. The van der Waals surface area contributed by atoms with Crippen molar-refractivity contribution >= 4 is 23.3 Å². The quantitative estimate of drug-likeness (QED) is 0.929. The predicted octanol–water partition coefficient (Wildman–Crippen LogP) is 2.88. The molecule has 2 fully saturated rings. The Hall–Kier alpha value is -1.40. The summed E-state index contributed by atoms with van der Waals surface area (Å²) in [6, 6.07) is 4.02. The average molecular weight is 322 g/mol. The third-order valence-electron chi connectivity index (χ3n) is 4.62. The van der Waals surface area contributed by atoms with Gasteiger partial charge in [-0.25, -0.2) is 4.79 Å². The minimum atomic E-state index is -0.633. The van der Waals surface area contributed by atoms with Crippen molar-refractivity contribution in [3.05, 3.63) is 22.4 Å². The lowest BCUT2D eigenvalue weighted by molar-refractivity contribution is 0.0235. The van der Waals surface area contributed by atoms with Crippen LogP contribution in [0.2, 0.25) is 0 Å². The van der Waals surface area contributed by atoms with E-state index < -0.39 is 6.09 Å². The molecule has 2 atom stereocenters. The van der Waals surface area contributed by atoms with Crippen LogP contribution in [0, 0.1) is 5.92 Å². The molecule has 2 saturated heterocycles. The Bertz CT molecular complexity index is 515. The van der Waals surface area contributed by atoms with Gasteiger partial charge < -0.3 is 4.74 Å². The van der Waals surface area contributed by atoms with Crippen LogP contribution in [0.15, 0.2) is 17.5 Å². The fourth-order valence-corrected chi connectivity index (χ4v) is 4.17. The van der Waals surface area contributed by atoms with Gasteiger partial charge in [-0.2, -0.15) is 0 Å². The van der Waals surface area contributed by atoms with Crippen molar-refractivity contribution in [2.45, 2.75) is 38.1 Å². The number of alkyl carbamates (subject to hydrolysis) is 1. The molecule has 2 amide bonds. The fraction of sp³-hybridized carbons (Fsp3) is 0.625. The maximum atomic E-state index is 11.8. The van der Waals surface area contributed by atoms with Crippen molar-refractivity contribution in [2.24, 2.45) is 5.92 Å². The molecule has 3 heterocycles. The lowest BCUT2D eigenvalue weighted by Crippen LogP contribution is -2.49. The number of carbonyl (C=O) groups is 2. The lowest BCUT2D eigenvalue weighted by Gasteiger charge is -2.44. The van der Waals surface area contributed by atoms with Gasteiger partial charge in [0.2, 0.25) is 0 Å². The van der Waals surface area contributed by atoms with Gasteiger partial charge in [-0.05, 0) is 50.2 Å². The van der Waals surface area contributed by atoms with E-state index in [2.05, 4.69) is 10.2 Å². The van der Waals surface area contributed by atoms with Crippen LogP contribution in [-0.2, 0) is 4.74 Å². The van der Waals surface area contributed by atoms with Crippen molar-refractivity contribution in [1.29, 1.82) is 0 Å². The van der Waals surface area contributed by atoms with E-state index >= 15 is 0 Å². The molecule has 2 aliphatic rings. The second-order valence-corrected chi connectivity index (χ2v) is 6.98. The molecular weight excluding hydrogens is 300 g/mol. The minimum absolute atomic E-state index is 0.386. The molecule has 0 saturated carbocycles. The first kappa shape index (κ1) is 15.5. The first-order chi connectivity index (χ1) is 10.7. The van der Waals surface area contributed by atoms with Crippen LogP contribution in [-0.4, -0.2) is 42.6 Å². The summed E-state index contributed by atoms with van der Waals surface area (Å²) in [4.78, 5) is 26.6. The molecule has 6 heteroatoms. The van der Waals surface area contributed by atoms with E-state index in [1.807, 2.05) is 0 Å². The molecule has 1 N–H and O–H groups in total. The number of amides is 2. The Morgan fingerprint density at radius 2 is 2.14 bits per heavy atom. The third-order valence-corrected chi connectivity index (χ3v) is 5.49. The molecule has 5 nitrogen and oxygen atoms in total. The summed E-state index contributed by atoms with van der Waals surface area (Å²) in [6.45, 7) is 2.75. The molecule has 0 spiro atoms. The highest BCUT2D eigenvalue weighted by Gasteiger charge is 2.33. The number of fused-ring (bicyclic) bond motifs is 1. The maximum Gasteiger partial charge on any atom is 0.414 e. The number of thiophene rings is 1. The van der Waals surface area contributed by atoms with Crippen molar-refractivity contribution < 1.29 is 14.3 Å². The second kappa shape index (κ2) is 7.24. The van der Waals surface area contributed by atoms with Crippen LogP contribution in [0.25, 0.3) is 0 Å². The molecule has 0 unspecified atom stereocenters. The SMILES string of the molecule is O=C(NC(=O)c1cccs1)OC[C@@H]1CCCN2CCCC[C@H]12. The summed E-state index contributed by atoms with van der Waals surface area (Å²) in [5, 5.41) is 4.10. The van der Waals surface area contributed by atoms with Gasteiger partial charge in [0.15, 0.2) is 0 Å². The molecule has 22 heavy (non-hydrogen) atoms. The number of hydrogen-bond acceptors (Lipinski definition) is 5. The molecule has 0 aliphatic carbocycles. The van der Waals surface area contributed by atoms with Crippen LogP contribution in [0.3, 0.4) is 0 Å². The summed E-state index contributed by atoms with van der Waals surface area (Å²) >= 11 is 1.31. The number of nitrogens with one attached hydrogen (secondary N) is 1. The predicted molar refractivity (Wildman–Crippen MR) is 85.1 cm³/mol. The van der Waals surface area contributed by atoms with E-state index in [-0.39, 0.29) is 5.91 Å². The molecule has 0 bridgehead atoms. The largest absolute Gasteiger partial charge is 0.449 e. The Balaban J connectivity index is 1.47. The van der Waals surface area contributed by atoms with Gasteiger partial charge in [0, 0.05) is 12.0 Å². The maximum absolute atomic E-state index is 11.8. The Morgan fingerprint density at radius 3 is 2.95 bits per heavy atom. The smallest absolute Gasteiger partial charge is 0.414 e. The van der Waals surface area contributed by atoms with Gasteiger partial charge in [-0.1, -0.05) is 12.5 Å². The molecule has 1 aromatic heterocycles. The minimum Gasteiger partial charge on any atom is -0.449 e. The van der Waals surface area contributed by atoms with Crippen LogP contribution in [0.1, 0.15) is 41.8 Å². The van der Waals surface area contributed by atoms with Crippen LogP contribution >= 0.6 is 11.3 Å². The standard InChI is InChI=1S/C16H22N2O3S/c19-15(14-7-4-10-22-14)17-16(20)21-11-12-5-3-9-18-8-2-1-6-13(12)18/h4,7,10,12-13H,1-3,5-6,8-9,11H2,(H,17,19,20)/t12-,13+/m0/s1. The highest BCUT2D eigenvalue weighted by molar-refractivity contribution is 7.12. The van der Waals surface area contributed by atoms with Gasteiger partial charge >= 0.3 is 6.09 Å². The first-order valence-electron chi connectivity index (χ1n) is 7.99. The molecule has 3 rings (SSSR count). The number of hydrogen-bond donors (Lipinski definition) is 1. The number of carbonyl (C=O) groups excluding carboxylic acids is 2. The molecule has 0 radical (unpaired) electrons. The van der Waals surface area contributed by atoms with Crippen molar-refractivity contribution in [1.82, 2.24) is 10.2 Å². The topological polar surface area (TPSA) is 58.6 Å². The van der Waals surface area contributed by atoms with E-state index in [9.17, 15) is 9.59 Å². The number of rotatable bonds is 3. The molecule has 0 aromatic carbocycles. The van der Waals surface area contributed by atoms with E-state index in [1.54, 1.807) is 17.5 Å². The summed E-state index contributed by atoms with van der Waals surface area (Å²) in [7, 11) is 0. The van der Waals surface area contributed by atoms with Gasteiger partial charge in [0.1, 0.15) is 0 Å². The summed E-state index contributed by atoms with van der Waals surface area (Å²) < 4.78 is 5.31. The third kappa shape index (κ3) is 3.67. The Labute approximate surface area is 134 Å². The number of ether oxygens (including phenoxy) is 1. The number of nitrogens with zero attached hydrogens (tertiary/aromatic N) is 1. The van der Waals surface area contributed by atoms with Crippen LogP contribution < -0.4 is 5.32 Å². The van der Waals surface area contributed by atoms with E-state index in [0.717, 1.165) is 6.42 Å². The fourth-order valence-electron chi connectivity index (χ4n) is 3.55. The van der Waals surface area contributed by atoms with Crippen LogP contribution in [0.5, 0.6) is 0 Å². The zero-order valence-electron chi connectivity index (χ0n) is 12.6. The summed E-state index contributed by atoms with van der Waals surface area (Å²) in [6.07, 6.45) is 5.38. The highest BCUT2D eigenvalue weighted by atomic mass is 32.1. The summed E-state index contributed by atoms with van der Waals surface area (Å²) in [5.74, 6) is 0.0135. The second-order valence-electron chi connectivity index (χ2n) is 6.03.